The van der Waals surface area contributed by atoms with Gasteiger partial charge in [-0.25, -0.2) is 0 Å². The number of carbonyl (C=O) groups is 1. The average molecular weight is 412 g/mol. The number of aromatic nitrogens is 4. The van der Waals surface area contributed by atoms with Gasteiger partial charge in [0.05, 0.1) is 18.4 Å². The fraction of sp³-hybridized carbons (Fsp3) is 0.278. The molecule has 0 unspecified atom stereocenters. The number of anilines is 1. The highest BCUT2D eigenvalue weighted by Crippen LogP contribution is 2.28. The van der Waals surface area contributed by atoms with E-state index in [-0.39, 0.29) is 18.9 Å². The van der Waals surface area contributed by atoms with Gasteiger partial charge in [0.2, 0.25) is 5.91 Å². The lowest BCUT2D eigenvalue weighted by Crippen LogP contribution is -2.16. The Labute approximate surface area is 163 Å². The molecule has 0 radical (unpaired) electrons. The van der Waals surface area contributed by atoms with Crippen LogP contribution in [-0.2, 0) is 24.1 Å². The average Bonchev–Trinajstić information content (AvgIpc) is 3.21. The van der Waals surface area contributed by atoms with Gasteiger partial charge in [-0.1, -0.05) is 29.8 Å². The Kier molecular flexibility index (Phi) is 5.73. The second kappa shape index (κ2) is 8.05. The highest BCUT2D eigenvalue weighted by molar-refractivity contribution is 6.31. The van der Waals surface area contributed by atoms with Crippen molar-refractivity contribution in [1.82, 2.24) is 19.6 Å². The first-order valence-electron chi connectivity index (χ1n) is 8.40. The van der Waals surface area contributed by atoms with Crippen molar-refractivity contribution in [3.63, 3.8) is 0 Å². The van der Waals surface area contributed by atoms with Crippen LogP contribution in [0, 0.1) is 6.92 Å². The number of nitrogens with zero attached hydrogens (tertiary/aromatic N) is 4. The summed E-state index contributed by atoms with van der Waals surface area (Å²) in [5.41, 5.74) is 0.754. The van der Waals surface area contributed by atoms with Gasteiger partial charge in [0.15, 0.2) is 5.69 Å². The first-order chi connectivity index (χ1) is 13.2. The molecule has 0 saturated heterocycles. The Morgan fingerprint density at radius 3 is 2.71 bits per heavy atom. The molecule has 3 rings (SSSR count). The van der Waals surface area contributed by atoms with E-state index in [1.807, 2.05) is 18.2 Å². The van der Waals surface area contributed by atoms with Gasteiger partial charge in [-0.05, 0) is 24.6 Å². The van der Waals surface area contributed by atoms with E-state index in [1.165, 1.54) is 17.8 Å². The number of alkyl halides is 3. The number of benzene rings is 1. The van der Waals surface area contributed by atoms with Crippen molar-refractivity contribution < 1.29 is 18.0 Å². The van der Waals surface area contributed by atoms with Crippen LogP contribution >= 0.6 is 11.6 Å². The molecule has 0 aliphatic heterocycles. The van der Waals surface area contributed by atoms with E-state index in [4.69, 9.17) is 11.6 Å². The molecule has 2 aromatic heterocycles. The van der Waals surface area contributed by atoms with Gasteiger partial charge in [-0.15, -0.1) is 0 Å². The summed E-state index contributed by atoms with van der Waals surface area (Å²) < 4.78 is 40.8. The van der Waals surface area contributed by atoms with E-state index in [1.54, 1.807) is 16.9 Å². The van der Waals surface area contributed by atoms with Crippen LogP contribution in [0.3, 0.4) is 0 Å². The normalized spacial score (nSPS) is 11.6. The van der Waals surface area contributed by atoms with Crippen LogP contribution in [0.25, 0.3) is 0 Å². The number of carbonyl (C=O) groups excluding carboxylic acids is 1. The third kappa shape index (κ3) is 4.92. The Balaban J connectivity index is 1.55. The zero-order valence-corrected chi connectivity index (χ0v) is 15.6. The minimum atomic E-state index is -4.51. The summed E-state index contributed by atoms with van der Waals surface area (Å²) in [6.45, 7) is 2.00. The fourth-order valence-corrected chi connectivity index (χ4v) is 2.82. The molecule has 0 spiro atoms. The molecule has 0 aliphatic rings. The van der Waals surface area contributed by atoms with Crippen LogP contribution in [0.4, 0.5) is 18.9 Å². The van der Waals surface area contributed by atoms with Gasteiger partial charge in [-0.2, -0.15) is 23.4 Å². The van der Waals surface area contributed by atoms with Gasteiger partial charge in [-0.3, -0.25) is 14.2 Å². The maximum Gasteiger partial charge on any atom is 0.435 e. The van der Waals surface area contributed by atoms with Crippen LogP contribution in [0.5, 0.6) is 0 Å². The lowest BCUT2D eigenvalue weighted by atomic mass is 10.2. The highest BCUT2D eigenvalue weighted by Gasteiger charge is 2.34. The van der Waals surface area contributed by atoms with Gasteiger partial charge >= 0.3 is 6.18 Å². The Bertz CT molecular complexity index is 980. The third-order valence-electron chi connectivity index (χ3n) is 4.03. The smallest absolute Gasteiger partial charge is 0.323 e. The minimum absolute atomic E-state index is 0.0183. The summed E-state index contributed by atoms with van der Waals surface area (Å²) in [4.78, 5) is 12.1. The van der Waals surface area contributed by atoms with Crippen molar-refractivity contribution >= 4 is 23.2 Å². The largest absolute Gasteiger partial charge is 0.435 e. The lowest BCUT2D eigenvalue weighted by molar-refractivity contribution is -0.141. The van der Waals surface area contributed by atoms with E-state index < -0.39 is 11.9 Å². The number of hydrogen-bond acceptors (Lipinski definition) is 3. The molecule has 3 aromatic rings. The number of hydrogen-bond donors (Lipinski definition) is 1. The number of rotatable bonds is 6. The molecule has 10 heteroatoms. The van der Waals surface area contributed by atoms with Crippen molar-refractivity contribution in [1.29, 1.82) is 0 Å². The Hall–Kier alpha value is -2.81. The van der Waals surface area contributed by atoms with Crippen LogP contribution < -0.4 is 5.32 Å². The Morgan fingerprint density at radius 1 is 1.29 bits per heavy atom. The molecule has 1 amide bonds. The van der Waals surface area contributed by atoms with Gasteiger partial charge in [0.1, 0.15) is 0 Å². The molecule has 148 valence electrons. The molecular formula is C18H17ClF3N5O. The zero-order valence-electron chi connectivity index (χ0n) is 14.9. The van der Waals surface area contributed by atoms with Crippen LogP contribution in [0.15, 0.2) is 42.7 Å². The first-order valence-corrected chi connectivity index (χ1v) is 8.77. The maximum atomic E-state index is 12.7. The number of halogens is 4. The quantitative estimate of drug-likeness (QED) is 0.663. The highest BCUT2D eigenvalue weighted by atomic mass is 35.5. The predicted molar refractivity (Wildman–Crippen MR) is 98.0 cm³/mol. The van der Waals surface area contributed by atoms with Crippen molar-refractivity contribution in [2.75, 3.05) is 5.32 Å². The second-order valence-electron chi connectivity index (χ2n) is 6.21. The SMILES string of the molecule is Cc1cc(C(F)(F)F)nn1CCC(=O)Nc1cnn(Cc2ccccc2Cl)c1. The minimum Gasteiger partial charge on any atom is -0.323 e. The molecule has 0 fully saturated rings. The molecule has 2 heterocycles. The number of aryl methyl sites for hydroxylation is 2. The molecule has 1 aromatic carbocycles. The van der Waals surface area contributed by atoms with E-state index in [0.29, 0.717) is 22.9 Å². The molecular weight excluding hydrogens is 395 g/mol. The maximum absolute atomic E-state index is 12.7. The number of amides is 1. The zero-order chi connectivity index (χ0) is 20.3. The van der Waals surface area contributed by atoms with Crippen molar-refractivity contribution in [2.45, 2.75) is 32.6 Å². The van der Waals surface area contributed by atoms with E-state index in [0.717, 1.165) is 11.6 Å². The van der Waals surface area contributed by atoms with Crippen molar-refractivity contribution in [3.05, 3.63) is 64.7 Å². The summed E-state index contributed by atoms with van der Waals surface area (Å²) >= 11 is 6.12. The predicted octanol–water partition coefficient (Wildman–Crippen LogP) is 4.14. The third-order valence-corrected chi connectivity index (χ3v) is 4.40. The van der Waals surface area contributed by atoms with Gasteiger partial charge in [0.25, 0.3) is 0 Å². The van der Waals surface area contributed by atoms with Crippen molar-refractivity contribution in [2.24, 2.45) is 0 Å². The fourth-order valence-electron chi connectivity index (χ4n) is 2.62. The Morgan fingerprint density at radius 2 is 2.04 bits per heavy atom. The molecule has 0 bridgehead atoms. The summed E-state index contributed by atoms with van der Waals surface area (Å²) in [7, 11) is 0. The van der Waals surface area contributed by atoms with Crippen LogP contribution in [-0.4, -0.2) is 25.5 Å². The summed E-state index contributed by atoms with van der Waals surface area (Å²) in [5, 5.41) is 11.0. The monoisotopic (exact) mass is 411 g/mol. The summed E-state index contributed by atoms with van der Waals surface area (Å²) in [6.07, 6.45) is -1.37. The molecule has 0 atom stereocenters. The van der Waals surface area contributed by atoms with Crippen molar-refractivity contribution in [3.8, 4) is 0 Å². The topological polar surface area (TPSA) is 64.7 Å². The molecule has 1 N–H and O–H groups in total. The van der Waals surface area contributed by atoms with E-state index in [9.17, 15) is 18.0 Å². The second-order valence-corrected chi connectivity index (χ2v) is 6.62. The van der Waals surface area contributed by atoms with Crippen LogP contribution in [0.1, 0.15) is 23.4 Å². The van der Waals surface area contributed by atoms with E-state index >= 15 is 0 Å². The van der Waals surface area contributed by atoms with E-state index in [2.05, 4.69) is 15.5 Å². The number of nitrogens with one attached hydrogen (secondary N) is 1. The van der Waals surface area contributed by atoms with Gasteiger partial charge in [0, 0.05) is 29.9 Å². The molecule has 28 heavy (non-hydrogen) atoms. The summed E-state index contributed by atoms with van der Waals surface area (Å²) in [5.74, 6) is -0.347. The molecule has 0 saturated carbocycles. The molecule has 0 aliphatic carbocycles. The summed E-state index contributed by atoms with van der Waals surface area (Å²) in [6, 6.07) is 8.32. The first kappa shape index (κ1) is 19.9. The lowest BCUT2D eigenvalue weighted by Gasteiger charge is -2.06. The van der Waals surface area contributed by atoms with Gasteiger partial charge < -0.3 is 5.32 Å². The standard InChI is InChI=1S/C18H17ClF3N5O/c1-12-8-16(18(20,21)22)25-27(12)7-6-17(28)24-14-9-23-26(11-14)10-13-4-2-3-5-15(13)19/h2-5,8-9,11H,6-7,10H2,1H3,(H,24,28). The van der Waals surface area contributed by atoms with Crippen LogP contribution in [0.2, 0.25) is 5.02 Å². The molecule has 6 nitrogen and oxygen atoms in total.